The molecule has 0 atom stereocenters. The van der Waals surface area contributed by atoms with Gasteiger partial charge in [0.15, 0.2) is 0 Å². The third-order valence-corrected chi connectivity index (χ3v) is 4.81. The van der Waals surface area contributed by atoms with Crippen molar-refractivity contribution in [3.63, 3.8) is 0 Å². The van der Waals surface area contributed by atoms with Crippen molar-refractivity contribution in [3.8, 4) is 5.75 Å². The van der Waals surface area contributed by atoms with Gasteiger partial charge < -0.3 is 9.64 Å². The second kappa shape index (κ2) is 7.11. The lowest BCUT2D eigenvalue weighted by Gasteiger charge is -2.26. The van der Waals surface area contributed by atoms with Crippen molar-refractivity contribution in [1.82, 2.24) is 4.90 Å². The topological polar surface area (TPSA) is 89.7 Å². The van der Waals surface area contributed by atoms with Gasteiger partial charge in [-0.05, 0) is 49.4 Å². The second-order valence-corrected chi connectivity index (χ2v) is 7.02. The Labute approximate surface area is 131 Å². The van der Waals surface area contributed by atoms with Gasteiger partial charge in [0, 0.05) is 19.5 Å². The predicted octanol–water partition coefficient (Wildman–Crippen LogP) is 1.29. The Kier molecular flexibility index (Phi) is 5.42. The van der Waals surface area contributed by atoms with Gasteiger partial charge in [-0.3, -0.25) is 4.79 Å². The van der Waals surface area contributed by atoms with Crippen molar-refractivity contribution >= 4 is 15.9 Å². The minimum atomic E-state index is -3.76. The summed E-state index contributed by atoms with van der Waals surface area (Å²) in [7, 11) is -2.24. The third kappa shape index (κ3) is 4.20. The zero-order chi connectivity index (χ0) is 16.2. The molecule has 0 aromatic heterocycles. The Morgan fingerprint density at radius 3 is 2.55 bits per heavy atom. The summed E-state index contributed by atoms with van der Waals surface area (Å²) in [6, 6.07) is 4.46. The van der Waals surface area contributed by atoms with Gasteiger partial charge in [0.25, 0.3) is 0 Å². The van der Waals surface area contributed by atoms with E-state index < -0.39 is 10.0 Å². The summed E-state index contributed by atoms with van der Waals surface area (Å²) in [5.41, 5.74) is 0.680. The molecule has 1 fully saturated rings. The van der Waals surface area contributed by atoms with Crippen LogP contribution in [0.5, 0.6) is 5.75 Å². The summed E-state index contributed by atoms with van der Waals surface area (Å²) in [4.78, 5) is 14.1. The van der Waals surface area contributed by atoms with Crippen LogP contribution in [-0.4, -0.2) is 39.4 Å². The minimum absolute atomic E-state index is 0.0359. The highest BCUT2D eigenvalue weighted by Crippen LogP contribution is 2.23. The molecule has 0 saturated carbocycles. The van der Waals surface area contributed by atoms with Crippen molar-refractivity contribution in [1.29, 1.82) is 0 Å². The van der Waals surface area contributed by atoms with E-state index in [0.717, 1.165) is 25.9 Å². The summed E-state index contributed by atoms with van der Waals surface area (Å²) in [6.45, 7) is 1.63. The number of amides is 1. The smallest absolute Gasteiger partial charge is 0.238 e. The molecule has 0 spiro atoms. The molecule has 2 N–H and O–H groups in total. The van der Waals surface area contributed by atoms with Crippen LogP contribution in [0.1, 0.15) is 31.2 Å². The number of methoxy groups -OCH3 is 1. The molecule has 0 aliphatic carbocycles. The molecule has 1 aliphatic heterocycles. The fraction of sp³-hybridized carbons (Fsp3) is 0.533. The van der Waals surface area contributed by atoms with Gasteiger partial charge in [-0.1, -0.05) is 0 Å². The van der Waals surface area contributed by atoms with Gasteiger partial charge in [0.2, 0.25) is 15.9 Å². The Balaban J connectivity index is 2.09. The summed E-state index contributed by atoms with van der Waals surface area (Å²) < 4.78 is 28.1. The van der Waals surface area contributed by atoms with Crippen molar-refractivity contribution in [3.05, 3.63) is 23.8 Å². The molecular weight excluding hydrogens is 304 g/mol. The molecule has 7 heteroatoms. The lowest BCUT2D eigenvalue weighted by molar-refractivity contribution is -0.132. The highest BCUT2D eigenvalue weighted by molar-refractivity contribution is 7.89. The Morgan fingerprint density at radius 1 is 1.27 bits per heavy atom. The van der Waals surface area contributed by atoms with Gasteiger partial charge in [0.1, 0.15) is 5.75 Å². The number of ether oxygens (including phenoxy) is 1. The van der Waals surface area contributed by atoms with E-state index in [2.05, 4.69) is 0 Å². The van der Waals surface area contributed by atoms with Gasteiger partial charge >= 0.3 is 0 Å². The second-order valence-electron chi connectivity index (χ2n) is 5.46. The average molecular weight is 326 g/mol. The van der Waals surface area contributed by atoms with E-state index >= 15 is 0 Å². The quantitative estimate of drug-likeness (QED) is 0.883. The first kappa shape index (κ1) is 16.8. The summed E-state index contributed by atoms with van der Waals surface area (Å²) >= 11 is 0. The van der Waals surface area contributed by atoms with Crippen molar-refractivity contribution in [2.24, 2.45) is 5.14 Å². The number of sulfonamides is 1. The molecule has 1 aromatic rings. The average Bonchev–Trinajstić information content (AvgIpc) is 2.52. The number of nitrogens with two attached hydrogens (primary N) is 1. The van der Waals surface area contributed by atoms with Crippen LogP contribution in [0.4, 0.5) is 0 Å². The van der Waals surface area contributed by atoms with Gasteiger partial charge in [-0.2, -0.15) is 0 Å². The van der Waals surface area contributed by atoms with Crippen LogP contribution >= 0.6 is 0 Å². The molecule has 1 aliphatic rings. The maximum absolute atomic E-state index is 12.2. The molecular formula is C15H22N2O4S. The lowest BCUT2D eigenvalue weighted by Crippen LogP contribution is -2.35. The van der Waals surface area contributed by atoms with Crippen molar-refractivity contribution < 1.29 is 17.9 Å². The fourth-order valence-electron chi connectivity index (χ4n) is 2.67. The first-order chi connectivity index (χ1) is 10.4. The van der Waals surface area contributed by atoms with E-state index in [9.17, 15) is 13.2 Å². The maximum atomic E-state index is 12.2. The third-order valence-electron chi connectivity index (χ3n) is 3.90. The number of carbonyl (C=O) groups is 1. The molecule has 0 unspecified atom stereocenters. The van der Waals surface area contributed by atoms with E-state index in [4.69, 9.17) is 9.88 Å². The summed E-state index contributed by atoms with van der Waals surface area (Å²) in [5, 5.41) is 5.15. The van der Waals surface area contributed by atoms with Crippen LogP contribution in [0, 0.1) is 0 Å². The van der Waals surface area contributed by atoms with E-state index in [1.807, 2.05) is 4.90 Å². The number of hydrogen-bond acceptors (Lipinski definition) is 4. The van der Waals surface area contributed by atoms with Crippen LogP contribution in [-0.2, 0) is 21.2 Å². The number of benzene rings is 1. The Morgan fingerprint density at radius 2 is 1.95 bits per heavy atom. The zero-order valence-electron chi connectivity index (χ0n) is 12.7. The van der Waals surface area contributed by atoms with E-state index in [0.29, 0.717) is 24.2 Å². The van der Waals surface area contributed by atoms with Gasteiger partial charge in [-0.15, -0.1) is 0 Å². The standard InChI is InChI=1S/C15H22N2O4S/c1-21-14-7-6-13(22(16,19)20)11-12(14)5-8-15(18)17-9-3-2-4-10-17/h6-7,11H,2-5,8-10H2,1H3,(H2,16,19,20). The first-order valence-electron chi connectivity index (χ1n) is 7.39. The molecule has 0 radical (unpaired) electrons. The Hall–Kier alpha value is -1.60. The van der Waals surface area contributed by atoms with Crippen molar-refractivity contribution in [2.75, 3.05) is 20.2 Å². The number of hydrogen-bond donors (Lipinski definition) is 1. The van der Waals surface area contributed by atoms with Gasteiger partial charge in [0.05, 0.1) is 12.0 Å². The molecule has 1 saturated heterocycles. The van der Waals surface area contributed by atoms with E-state index in [1.165, 1.54) is 25.7 Å². The molecule has 1 amide bonds. The number of aryl methyl sites for hydroxylation is 1. The summed E-state index contributed by atoms with van der Waals surface area (Å²) in [6.07, 6.45) is 4.05. The van der Waals surface area contributed by atoms with Crippen LogP contribution in [0.25, 0.3) is 0 Å². The zero-order valence-corrected chi connectivity index (χ0v) is 13.6. The van der Waals surface area contributed by atoms with Crippen LogP contribution < -0.4 is 9.88 Å². The predicted molar refractivity (Wildman–Crippen MR) is 83.1 cm³/mol. The largest absolute Gasteiger partial charge is 0.496 e. The normalized spacial score (nSPS) is 15.6. The van der Waals surface area contributed by atoms with Crippen LogP contribution in [0.3, 0.4) is 0 Å². The number of likely N-dealkylation sites (tertiary alicyclic amines) is 1. The van der Waals surface area contributed by atoms with Gasteiger partial charge in [-0.25, -0.2) is 13.6 Å². The van der Waals surface area contributed by atoms with Crippen LogP contribution in [0.15, 0.2) is 23.1 Å². The van der Waals surface area contributed by atoms with E-state index in [1.54, 1.807) is 6.07 Å². The first-order valence-corrected chi connectivity index (χ1v) is 8.94. The molecule has 1 aromatic carbocycles. The SMILES string of the molecule is COc1ccc(S(N)(=O)=O)cc1CCC(=O)N1CCCCC1. The number of rotatable bonds is 5. The summed E-state index contributed by atoms with van der Waals surface area (Å²) in [5.74, 6) is 0.668. The van der Waals surface area contributed by atoms with E-state index in [-0.39, 0.29) is 10.8 Å². The fourth-order valence-corrected chi connectivity index (χ4v) is 3.23. The number of nitrogens with zero attached hydrogens (tertiary/aromatic N) is 1. The van der Waals surface area contributed by atoms with Crippen molar-refractivity contribution in [2.45, 2.75) is 37.0 Å². The molecule has 6 nitrogen and oxygen atoms in total. The molecule has 122 valence electrons. The highest BCUT2D eigenvalue weighted by Gasteiger charge is 2.18. The molecule has 22 heavy (non-hydrogen) atoms. The monoisotopic (exact) mass is 326 g/mol. The lowest BCUT2D eigenvalue weighted by atomic mass is 10.1. The highest BCUT2D eigenvalue weighted by atomic mass is 32.2. The number of piperidine rings is 1. The Bertz CT molecular complexity index is 637. The molecule has 2 rings (SSSR count). The molecule has 0 bridgehead atoms. The number of carbonyl (C=O) groups excluding carboxylic acids is 1. The minimum Gasteiger partial charge on any atom is -0.496 e. The van der Waals surface area contributed by atoms with Crippen LogP contribution in [0.2, 0.25) is 0 Å². The maximum Gasteiger partial charge on any atom is 0.238 e. The molecule has 1 heterocycles. The number of primary sulfonamides is 1.